The number of amides is 1. The predicted molar refractivity (Wildman–Crippen MR) is 49.7 cm³/mol. The summed E-state index contributed by atoms with van der Waals surface area (Å²) in [6.07, 6.45) is 2.66. The second-order valence-corrected chi connectivity index (χ2v) is 4.03. The summed E-state index contributed by atoms with van der Waals surface area (Å²) < 4.78 is 0. The van der Waals surface area contributed by atoms with Crippen molar-refractivity contribution < 1.29 is 9.63 Å². The molecule has 1 aliphatic carbocycles. The van der Waals surface area contributed by atoms with Crippen LogP contribution in [-0.4, -0.2) is 30.7 Å². The number of carbonyl (C=O) groups excluding carboxylic acids is 1. The van der Waals surface area contributed by atoms with Crippen molar-refractivity contribution in [2.45, 2.75) is 31.7 Å². The van der Waals surface area contributed by atoms with Crippen LogP contribution in [0.2, 0.25) is 0 Å². The topological polar surface area (TPSA) is 55.6 Å². The molecule has 0 aromatic heterocycles. The van der Waals surface area contributed by atoms with Gasteiger partial charge in [0.25, 0.3) is 0 Å². The molecule has 1 fully saturated rings. The largest absolute Gasteiger partial charge is 0.325 e. The average Bonchev–Trinajstić information content (AvgIpc) is 2.84. The van der Waals surface area contributed by atoms with Gasteiger partial charge in [0.1, 0.15) is 0 Å². The van der Waals surface area contributed by atoms with Crippen LogP contribution in [0.3, 0.4) is 0 Å². The van der Waals surface area contributed by atoms with Crippen molar-refractivity contribution in [1.29, 1.82) is 0 Å². The Bertz CT molecular complexity index is 200. The number of nitrogens with zero attached hydrogens (tertiary/aromatic N) is 1. The van der Waals surface area contributed by atoms with Crippen molar-refractivity contribution in [2.24, 2.45) is 11.7 Å². The van der Waals surface area contributed by atoms with Gasteiger partial charge in [-0.2, -0.15) is 0 Å². The van der Waals surface area contributed by atoms with Crippen LogP contribution >= 0.6 is 0 Å². The third-order valence-corrected chi connectivity index (χ3v) is 2.67. The lowest BCUT2D eigenvalue weighted by molar-refractivity contribution is -0.170. The zero-order valence-corrected chi connectivity index (χ0v) is 8.54. The Morgan fingerprint density at radius 2 is 2.23 bits per heavy atom. The Hall–Kier alpha value is -0.610. The van der Waals surface area contributed by atoms with E-state index in [4.69, 9.17) is 10.6 Å². The molecule has 4 heteroatoms. The summed E-state index contributed by atoms with van der Waals surface area (Å²) in [6.45, 7) is 1.94. The summed E-state index contributed by atoms with van der Waals surface area (Å²) in [7, 11) is 3.08. The van der Waals surface area contributed by atoms with Crippen molar-refractivity contribution in [3.8, 4) is 0 Å². The second-order valence-electron chi connectivity index (χ2n) is 4.03. The lowest BCUT2D eigenvalue weighted by atomic mass is 9.93. The Morgan fingerprint density at radius 3 is 2.62 bits per heavy atom. The van der Waals surface area contributed by atoms with Gasteiger partial charge in [-0.1, -0.05) is 0 Å². The molecule has 1 amide bonds. The van der Waals surface area contributed by atoms with E-state index in [1.807, 2.05) is 6.92 Å². The van der Waals surface area contributed by atoms with Crippen LogP contribution in [0.25, 0.3) is 0 Å². The van der Waals surface area contributed by atoms with E-state index >= 15 is 0 Å². The Morgan fingerprint density at radius 1 is 1.69 bits per heavy atom. The number of carbonyl (C=O) groups is 1. The molecule has 0 unspecified atom stereocenters. The first-order chi connectivity index (χ1) is 5.97. The van der Waals surface area contributed by atoms with E-state index in [-0.39, 0.29) is 11.4 Å². The molecule has 0 aromatic carbocycles. The molecular formula is C9H18N2O2. The van der Waals surface area contributed by atoms with Crippen molar-refractivity contribution in [3.63, 3.8) is 0 Å². The van der Waals surface area contributed by atoms with Crippen molar-refractivity contribution >= 4 is 5.91 Å². The molecule has 0 aliphatic heterocycles. The fourth-order valence-corrected chi connectivity index (χ4v) is 1.43. The Kier molecular flexibility index (Phi) is 2.93. The van der Waals surface area contributed by atoms with Gasteiger partial charge in [-0.3, -0.25) is 9.63 Å². The molecular weight excluding hydrogens is 168 g/mol. The van der Waals surface area contributed by atoms with E-state index < -0.39 is 0 Å². The molecule has 76 valence electrons. The van der Waals surface area contributed by atoms with E-state index in [0.29, 0.717) is 12.3 Å². The number of hydrogen-bond donors (Lipinski definition) is 1. The van der Waals surface area contributed by atoms with E-state index in [2.05, 4.69) is 0 Å². The molecule has 0 heterocycles. The van der Waals surface area contributed by atoms with E-state index in [1.54, 1.807) is 7.05 Å². The molecule has 4 nitrogen and oxygen atoms in total. The number of hydroxylamine groups is 2. The fourth-order valence-electron chi connectivity index (χ4n) is 1.43. The Labute approximate surface area is 79.0 Å². The van der Waals surface area contributed by atoms with Crippen LogP contribution in [0.15, 0.2) is 0 Å². The molecule has 1 aliphatic rings. The smallest absolute Gasteiger partial charge is 0.247 e. The standard InChI is InChI=1S/C9H18N2O2/c1-9(10,7-4-5-7)6-8(12)11(2)13-3/h7H,4-6,10H2,1-3H3/t9-/m0/s1. The first-order valence-corrected chi connectivity index (χ1v) is 4.57. The molecule has 2 N–H and O–H groups in total. The molecule has 1 rings (SSSR count). The summed E-state index contributed by atoms with van der Waals surface area (Å²) in [5, 5.41) is 1.23. The average molecular weight is 186 g/mol. The van der Waals surface area contributed by atoms with Crippen LogP contribution < -0.4 is 5.73 Å². The van der Waals surface area contributed by atoms with Crippen molar-refractivity contribution in [2.75, 3.05) is 14.2 Å². The quantitative estimate of drug-likeness (QED) is 0.651. The highest BCUT2D eigenvalue weighted by Gasteiger charge is 2.40. The summed E-state index contributed by atoms with van der Waals surface area (Å²) >= 11 is 0. The molecule has 1 atom stereocenters. The first kappa shape index (κ1) is 10.5. The second kappa shape index (κ2) is 3.64. The number of nitrogens with two attached hydrogens (primary N) is 1. The van der Waals surface area contributed by atoms with Crippen LogP contribution in [0.4, 0.5) is 0 Å². The van der Waals surface area contributed by atoms with Crippen LogP contribution in [0.1, 0.15) is 26.2 Å². The molecule has 0 saturated heterocycles. The van der Waals surface area contributed by atoms with Crippen LogP contribution in [-0.2, 0) is 9.63 Å². The maximum absolute atomic E-state index is 11.4. The zero-order chi connectivity index (χ0) is 10.1. The lowest BCUT2D eigenvalue weighted by Gasteiger charge is -2.25. The minimum atomic E-state index is -0.357. The zero-order valence-electron chi connectivity index (χ0n) is 8.54. The van der Waals surface area contributed by atoms with Gasteiger partial charge < -0.3 is 5.73 Å². The third-order valence-electron chi connectivity index (χ3n) is 2.67. The number of rotatable bonds is 4. The molecule has 0 radical (unpaired) electrons. The maximum atomic E-state index is 11.4. The van der Waals surface area contributed by atoms with E-state index in [9.17, 15) is 4.79 Å². The normalized spacial score (nSPS) is 20.9. The monoisotopic (exact) mass is 186 g/mol. The van der Waals surface area contributed by atoms with Crippen molar-refractivity contribution in [1.82, 2.24) is 5.06 Å². The maximum Gasteiger partial charge on any atom is 0.247 e. The van der Waals surface area contributed by atoms with Gasteiger partial charge in [-0.25, -0.2) is 5.06 Å². The van der Waals surface area contributed by atoms with Gasteiger partial charge in [0, 0.05) is 19.0 Å². The third kappa shape index (κ3) is 2.67. The van der Waals surface area contributed by atoms with Crippen LogP contribution in [0, 0.1) is 5.92 Å². The summed E-state index contributed by atoms with van der Waals surface area (Å²) in [5.41, 5.74) is 5.66. The highest BCUT2D eigenvalue weighted by molar-refractivity contribution is 5.76. The summed E-state index contributed by atoms with van der Waals surface area (Å²) in [6, 6.07) is 0. The van der Waals surface area contributed by atoms with Gasteiger partial charge in [-0.05, 0) is 25.7 Å². The molecule has 0 aromatic rings. The summed E-state index contributed by atoms with van der Waals surface area (Å²) in [4.78, 5) is 16.2. The van der Waals surface area contributed by atoms with Gasteiger partial charge in [0.05, 0.1) is 7.11 Å². The Balaban J connectivity index is 2.42. The molecule has 0 bridgehead atoms. The fraction of sp³-hybridized carbons (Fsp3) is 0.889. The number of hydrogen-bond acceptors (Lipinski definition) is 3. The van der Waals surface area contributed by atoms with Gasteiger partial charge >= 0.3 is 0 Å². The molecule has 13 heavy (non-hydrogen) atoms. The van der Waals surface area contributed by atoms with Gasteiger partial charge in [0.15, 0.2) is 0 Å². The minimum Gasteiger partial charge on any atom is -0.325 e. The summed E-state index contributed by atoms with van der Waals surface area (Å²) in [5.74, 6) is 0.459. The van der Waals surface area contributed by atoms with Gasteiger partial charge in [-0.15, -0.1) is 0 Å². The van der Waals surface area contributed by atoms with Gasteiger partial charge in [0.2, 0.25) is 5.91 Å². The van der Waals surface area contributed by atoms with E-state index in [0.717, 1.165) is 12.8 Å². The SMILES string of the molecule is CON(C)C(=O)C[C@](C)(N)C1CC1. The van der Waals surface area contributed by atoms with Crippen LogP contribution in [0.5, 0.6) is 0 Å². The highest BCUT2D eigenvalue weighted by Crippen LogP contribution is 2.39. The molecule has 1 saturated carbocycles. The minimum absolute atomic E-state index is 0.0561. The van der Waals surface area contributed by atoms with Crippen molar-refractivity contribution in [3.05, 3.63) is 0 Å². The highest BCUT2D eigenvalue weighted by atomic mass is 16.7. The first-order valence-electron chi connectivity index (χ1n) is 4.57. The van der Waals surface area contributed by atoms with E-state index in [1.165, 1.54) is 12.2 Å². The molecule has 0 spiro atoms. The predicted octanol–water partition coefficient (Wildman–Crippen LogP) is 0.524. The lowest BCUT2D eigenvalue weighted by Crippen LogP contribution is -2.44.